The van der Waals surface area contributed by atoms with Crippen LogP contribution in [-0.4, -0.2) is 53.9 Å². The van der Waals surface area contributed by atoms with Crippen molar-refractivity contribution in [2.24, 2.45) is 5.41 Å². The highest BCUT2D eigenvalue weighted by Crippen LogP contribution is 2.38. The number of carbonyl (C=O) groups excluding carboxylic acids is 1. The molecule has 2 aliphatic rings. The first kappa shape index (κ1) is 19.1. The van der Waals surface area contributed by atoms with E-state index in [0.717, 1.165) is 40.8 Å². The average Bonchev–Trinajstić information content (AvgIpc) is 3.18. The second-order valence-electron chi connectivity index (χ2n) is 7.73. The van der Waals surface area contributed by atoms with Crippen molar-refractivity contribution < 1.29 is 9.53 Å². The summed E-state index contributed by atoms with van der Waals surface area (Å²) in [6.45, 7) is 3.22. The predicted octanol–water partition coefficient (Wildman–Crippen LogP) is 2.46. The summed E-state index contributed by atoms with van der Waals surface area (Å²) in [4.78, 5) is 15.4. The van der Waals surface area contributed by atoms with E-state index in [1.54, 1.807) is 7.11 Å². The molecule has 3 heterocycles. The molecule has 2 fully saturated rings. The number of rotatable bonds is 6. The molecule has 2 saturated heterocycles. The highest BCUT2D eigenvalue weighted by Gasteiger charge is 2.50. The number of carbonyl (C=O) groups is 1. The quantitative estimate of drug-likeness (QED) is 0.806. The Kier molecular flexibility index (Phi) is 5.44. The molecule has 0 aliphatic carbocycles. The molecule has 1 amide bonds. The Hall–Kier alpha value is -2.28. The van der Waals surface area contributed by atoms with Crippen molar-refractivity contribution in [1.29, 1.82) is 0 Å². The normalized spacial score (nSPS) is 20.5. The molecule has 28 heavy (non-hydrogen) atoms. The van der Waals surface area contributed by atoms with Gasteiger partial charge in [-0.2, -0.15) is 16.9 Å². The van der Waals surface area contributed by atoms with E-state index < -0.39 is 5.41 Å². The van der Waals surface area contributed by atoms with Crippen LogP contribution in [0.15, 0.2) is 36.4 Å². The number of hydrogen-bond donors (Lipinski definition) is 1. The maximum atomic E-state index is 13.3. The van der Waals surface area contributed by atoms with E-state index in [9.17, 15) is 4.79 Å². The number of hydrogen-bond acceptors (Lipinski definition) is 6. The van der Waals surface area contributed by atoms with Gasteiger partial charge in [0.1, 0.15) is 5.75 Å². The van der Waals surface area contributed by atoms with Gasteiger partial charge in [-0.25, -0.2) is 0 Å². The minimum Gasteiger partial charge on any atom is -0.497 e. The van der Waals surface area contributed by atoms with E-state index in [4.69, 9.17) is 4.74 Å². The fourth-order valence-electron chi connectivity index (χ4n) is 3.90. The minimum absolute atomic E-state index is 0.152. The number of anilines is 1. The molecule has 0 spiro atoms. The zero-order valence-corrected chi connectivity index (χ0v) is 17.2. The van der Waals surface area contributed by atoms with Gasteiger partial charge < -0.3 is 15.0 Å². The molecule has 1 atom stereocenters. The van der Waals surface area contributed by atoms with Crippen molar-refractivity contribution in [3.05, 3.63) is 47.7 Å². The third kappa shape index (κ3) is 3.94. The Bertz CT molecular complexity index is 831. The van der Waals surface area contributed by atoms with Crippen molar-refractivity contribution in [3.8, 4) is 5.75 Å². The zero-order chi connectivity index (χ0) is 19.6. The Morgan fingerprint density at radius 1 is 1.32 bits per heavy atom. The Morgan fingerprint density at radius 3 is 2.86 bits per heavy atom. The van der Waals surface area contributed by atoms with E-state index >= 15 is 0 Å². The van der Waals surface area contributed by atoms with Gasteiger partial charge >= 0.3 is 0 Å². The predicted molar refractivity (Wildman–Crippen MR) is 112 cm³/mol. The summed E-state index contributed by atoms with van der Waals surface area (Å²) in [6, 6.07) is 12.2. The van der Waals surface area contributed by atoms with Gasteiger partial charge in [0, 0.05) is 24.9 Å². The minimum atomic E-state index is -0.452. The van der Waals surface area contributed by atoms with Gasteiger partial charge in [0.05, 0.1) is 18.2 Å². The standard InChI is InChI=1S/C21H26N4O2S/c1-15-6-7-19(24-23-15)25-13-21(14-25,20(26)22-17-8-9-28-12-17)11-16-4-3-5-18(10-16)27-2/h3-7,10,17H,8-9,11-14H2,1-2H3,(H,22,26). The summed E-state index contributed by atoms with van der Waals surface area (Å²) in [5.74, 6) is 3.93. The molecule has 4 rings (SSSR count). The van der Waals surface area contributed by atoms with Gasteiger partial charge in [-0.15, -0.1) is 5.10 Å². The monoisotopic (exact) mass is 398 g/mol. The van der Waals surface area contributed by atoms with Crippen LogP contribution < -0.4 is 15.0 Å². The number of amides is 1. The first-order valence-electron chi connectivity index (χ1n) is 9.65. The smallest absolute Gasteiger partial charge is 0.230 e. The van der Waals surface area contributed by atoms with Crippen LogP contribution in [0.2, 0.25) is 0 Å². The number of ether oxygens (including phenoxy) is 1. The van der Waals surface area contributed by atoms with E-state index in [0.29, 0.717) is 19.5 Å². The summed E-state index contributed by atoms with van der Waals surface area (Å²) in [5, 5.41) is 11.7. The van der Waals surface area contributed by atoms with Crippen molar-refractivity contribution in [1.82, 2.24) is 15.5 Å². The number of nitrogens with one attached hydrogen (secondary N) is 1. The van der Waals surface area contributed by atoms with Crippen LogP contribution in [0.4, 0.5) is 5.82 Å². The summed E-state index contributed by atoms with van der Waals surface area (Å²) < 4.78 is 5.36. The van der Waals surface area contributed by atoms with E-state index in [2.05, 4.69) is 26.5 Å². The molecule has 2 aromatic rings. The zero-order valence-electron chi connectivity index (χ0n) is 16.4. The second kappa shape index (κ2) is 7.99. The molecule has 7 heteroatoms. The van der Waals surface area contributed by atoms with Crippen molar-refractivity contribution >= 4 is 23.5 Å². The Balaban J connectivity index is 1.53. The van der Waals surface area contributed by atoms with Gasteiger partial charge in [-0.1, -0.05) is 12.1 Å². The first-order chi connectivity index (χ1) is 13.6. The molecule has 6 nitrogen and oxygen atoms in total. The Morgan fingerprint density at radius 2 is 2.18 bits per heavy atom. The fraction of sp³-hybridized carbons (Fsp3) is 0.476. The van der Waals surface area contributed by atoms with Crippen molar-refractivity contribution in [2.45, 2.75) is 25.8 Å². The van der Waals surface area contributed by atoms with Crippen LogP contribution in [0.1, 0.15) is 17.7 Å². The third-order valence-corrected chi connectivity index (χ3v) is 6.68. The van der Waals surface area contributed by atoms with Crippen molar-refractivity contribution in [2.75, 3.05) is 36.6 Å². The van der Waals surface area contributed by atoms with Gasteiger partial charge in [-0.3, -0.25) is 4.79 Å². The highest BCUT2D eigenvalue weighted by molar-refractivity contribution is 7.99. The Labute approximate surface area is 170 Å². The lowest BCUT2D eigenvalue weighted by molar-refractivity contribution is -0.133. The van der Waals surface area contributed by atoms with Crippen LogP contribution in [0.25, 0.3) is 0 Å². The van der Waals surface area contributed by atoms with Gasteiger partial charge in [0.25, 0.3) is 0 Å². The molecule has 0 radical (unpaired) electrons. The summed E-state index contributed by atoms with van der Waals surface area (Å²) in [5.41, 5.74) is 1.56. The average molecular weight is 399 g/mol. The molecular weight excluding hydrogens is 372 g/mol. The number of benzene rings is 1. The second-order valence-corrected chi connectivity index (χ2v) is 8.88. The molecule has 1 unspecified atom stereocenters. The van der Waals surface area contributed by atoms with Crippen LogP contribution in [0, 0.1) is 12.3 Å². The largest absolute Gasteiger partial charge is 0.497 e. The summed E-state index contributed by atoms with van der Waals surface area (Å²) in [6.07, 6.45) is 1.74. The lowest BCUT2D eigenvalue weighted by Gasteiger charge is -2.49. The number of thioether (sulfide) groups is 1. The lowest BCUT2D eigenvalue weighted by Crippen LogP contribution is -2.65. The molecule has 1 aromatic carbocycles. The van der Waals surface area contributed by atoms with Crippen LogP contribution in [0.5, 0.6) is 5.75 Å². The van der Waals surface area contributed by atoms with Crippen LogP contribution in [-0.2, 0) is 11.2 Å². The molecular formula is C21H26N4O2S. The fourth-order valence-corrected chi connectivity index (χ4v) is 5.05. The number of methoxy groups -OCH3 is 1. The van der Waals surface area contributed by atoms with Gasteiger partial charge in [-0.05, 0) is 55.3 Å². The van der Waals surface area contributed by atoms with E-state index in [-0.39, 0.29) is 11.9 Å². The molecule has 0 saturated carbocycles. The van der Waals surface area contributed by atoms with E-state index in [1.165, 1.54) is 0 Å². The van der Waals surface area contributed by atoms with Crippen LogP contribution in [0.3, 0.4) is 0 Å². The summed E-state index contributed by atoms with van der Waals surface area (Å²) >= 11 is 1.91. The van der Waals surface area contributed by atoms with E-state index in [1.807, 2.05) is 49.0 Å². The molecule has 2 aliphatic heterocycles. The third-order valence-electron chi connectivity index (χ3n) is 5.52. The SMILES string of the molecule is COc1cccc(CC2(C(=O)NC3CCSC3)CN(c3ccc(C)nn3)C2)c1. The molecule has 0 bridgehead atoms. The maximum absolute atomic E-state index is 13.3. The molecule has 148 valence electrons. The molecule has 1 N–H and O–H groups in total. The molecule has 1 aromatic heterocycles. The first-order valence-corrected chi connectivity index (χ1v) is 10.8. The topological polar surface area (TPSA) is 67.3 Å². The van der Waals surface area contributed by atoms with Gasteiger partial charge in [0.15, 0.2) is 5.82 Å². The lowest BCUT2D eigenvalue weighted by atomic mass is 9.73. The maximum Gasteiger partial charge on any atom is 0.230 e. The number of aryl methyl sites for hydroxylation is 1. The van der Waals surface area contributed by atoms with Crippen molar-refractivity contribution in [3.63, 3.8) is 0 Å². The summed E-state index contributed by atoms with van der Waals surface area (Å²) in [7, 11) is 1.67. The van der Waals surface area contributed by atoms with Crippen LogP contribution >= 0.6 is 11.8 Å². The highest BCUT2D eigenvalue weighted by atomic mass is 32.2. The number of nitrogens with zero attached hydrogens (tertiary/aromatic N) is 3. The number of aromatic nitrogens is 2. The van der Waals surface area contributed by atoms with Gasteiger partial charge in [0.2, 0.25) is 5.91 Å².